The summed E-state index contributed by atoms with van der Waals surface area (Å²) in [7, 11) is 0. The van der Waals surface area contributed by atoms with Gasteiger partial charge in [-0.1, -0.05) is 39.5 Å². The van der Waals surface area contributed by atoms with Crippen LogP contribution in [0.2, 0.25) is 0 Å². The Balaban J connectivity index is 2.67. The third-order valence-electron chi connectivity index (χ3n) is 4.92. The minimum absolute atomic E-state index is 0.0131. The maximum Gasteiger partial charge on any atom is 0.365 e. The predicted octanol–water partition coefficient (Wildman–Crippen LogP) is 4.68. The van der Waals surface area contributed by atoms with Crippen molar-refractivity contribution in [2.45, 2.75) is 77.7 Å². The summed E-state index contributed by atoms with van der Waals surface area (Å²) in [6, 6.07) is -0.0131. The van der Waals surface area contributed by atoms with Crippen molar-refractivity contribution in [1.82, 2.24) is 0 Å². The number of ether oxygens (including phenoxy) is 1. The molecule has 132 valence electrons. The fraction of sp³-hybridized carbons (Fsp3) is 0.842. The van der Waals surface area contributed by atoms with E-state index >= 15 is 0 Å². The quantitative estimate of drug-likeness (QED) is 0.155. The summed E-state index contributed by atoms with van der Waals surface area (Å²) < 4.78 is 9.49. The number of hydrogen-bond donors (Lipinski definition) is 0. The van der Waals surface area contributed by atoms with Crippen LogP contribution in [-0.4, -0.2) is 42.7 Å². The maximum absolute atomic E-state index is 12.7. The largest absolute Gasteiger partial charge is 0.461 e. The Morgan fingerprint density at radius 1 is 1.13 bits per heavy atom. The zero-order valence-corrected chi connectivity index (χ0v) is 17.1. The first kappa shape index (κ1) is 20.8. The molecule has 0 saturated carbocycles. The van der Waals surface area contributed by atoms with Crippen LogP contribution in [0.25, 0.3) is 0 Å². The highest BCUT2D eigenvalue weighted by molar-refractivity contribution is 14.1. The SMILES string of the molecule is CCCCCCOC(=O)C(CCCC)[N+]1(CC#CI)CCCC1. The Hall–Kier alpha value is -0.280. The number of nitrogens with zero attached hydrogens (tertiary/aromatic N) is 1. The Morgan fingerprint density at radius 3 is 2.43 bits per heavy atom. The van der Waals surface area contributed by atoms with E-state index in [1.165, 1.54) is 25.7 Å². The Labute approximate surface area is 156 Å². The lowest BCUT2D eigenvalue weighted by Crippen LogP contribution is -2.57. The van der Waals surface area contributed by atoms with E-state index in [-0.39, 0.29) is 12.0 Å². The van der Waals surface area contributed by atoms with Crippen molar-refractivity contribution in [3.63, 3.8) is 0 Å². The number of hydrogen-bond acceptors (Lipinski definition) is 2. The number of unbranched alkanes of at least 4 members (excludes halogenated alkanes) is 4. The van der Waals surface area contributed by atoms with Gasteiger partial charge in [0.1, 0.15) is 6.54 Å². The summed E-state index contributed by atoms with van der Waals surface area (Å²) in [6.07, 6.45) is 10.1. The molecule has 0 spiro atoms. The van der Waals surface area contributed by atoms with Gasteiger partial charge in [-0.2, -0.15) is 0 Å². The normalized spacial score (nSPS) is 17.3. The zero-order chi connectivity index (χ0) is 17.0. The van der Waals surface area contributed by atoms with Gasteiger partial charge in [0.15, 0.2) is 6.04 Å². The number of quaternary nitrogens is 1. The molecule has 1 aliphatic heterocycles. The Kier molecular flexibility index (Phi) is 11.0. The van der Waals surface area contributed by atoms with Crippen molar-refractivity contribution in [2.24, 2.45) is 0 Å². The van der Waals surface area contributed by atoms with Crippen LogP contribution in [0.5, 0.6) is 0 Å². The van der Waals surface area contributed by atoms with Gasteiger partial charge in [0.2, 0.25) is 0 Å². The second-order valence-electron chi connectivity index (χ2n) is 6.69. The van der Waals surface area contributed by atoms with Crippen molar-refractivity contribution >= 4 is 28.6 Å². The molecule has 0 aliphatic carbocycles. The lowest BCUT2D eigenvalue weighted by molar-refractivity contribution is -0.926. The van der Waals surface area contributed by atoms with Crippen LogP contribution >= 0.6 is 22.6 Å². The summed E-state index contributed by atoms with van der Waals surface area (Å²) in [5, 5.41) is 0. The van der Waals surface area contributed by atoms with E-state index in [4.69, 9.17) is 4.74 Å². The molecule has 0 aromatic carbocycles. The highest BCUT2D eigenvalue weighted by Crippen LogP contribution is 2.27. The number of halogens is 1. The molecule has 1 aliphatic rings. The highest BCUT2D eigenvalue weighted by atomic mass is 127. The molecule has 0 N–H and O–H groups in total. The van der Waals surface area contributed by atoms with Gasteiger partial charge in [0, 0.05) is 41.9 Å². The molecule has 3 nitrogen and oxygen atoms in total. The van der Waals surface area contributed by atoms with Crippen molar-refractivity contribution in [2.75, 3.05) is 26.2 Å². The number of carbonyl (C=O) groups is 1. The molecule has 0 amide bonds. The van der Waals surface area contributed by atoms with E-state index in [1.54, 1.807) is 0 Å². The van der Waals surface area contributed by atoms with Gasteiger partial charge in [-0.15, -0.1) is 0 Å². The molecule has 23 heavy (non-hydrogen) atoms. The molecule has 0 radical (unpaired) electrons. The molecule has 1 fully saturated rings. The molecule has 0 aromatic heterocycles. The van der Waals surface area contributed by atoms with Gasteiger partial charge >= 0.3 is 5.97 Å². The standard InChI is InChI=1S/C19H33INO2/c1-3-5-7-10-17-23-19(22)18(12-6-4-2)21(16-11-13-20)14-8-9-15-21/h18H,3-10,12,14-17H2,1-2H3/q+1. The van der Waals surface area contributed by atoms with Gasteiger partial charge in [0.25, 0.3) is 0 Å². The fourth-order valence-corrected chi connectivity index (χ4v) is 3.71. The number of carbonyl (C=O) groups excluding carboxylic acids is 1. The van der Waals surface area contributed by atoms with Gasteiger partial charge < -0.3 is 9.22 Å². The summed E-state index contributed by atoms with van der Waals surface area (Å²) in [5.74, 6) is 3.25. The molecule has 1 saturated heterocycles. The van der Waals surface area contributed by atoms with Crippen molar-refractivity contribution in [1.29, 1.82) is 0 Å². The smallest absolute Gasteiger partial charge is 0.365 e. The van der Waals surface area contributed by atoms with E-state index in [1.807, 2.05) is 0 Å². The lowest BCUT2D eigenvalue weighted by Gasteiger charge is -2.38. The van der Waals surface area contributed by atoms with E-state index in [2.05, 4.69) is 46.3 Å². The second-order valence-corrected chi connectivity index (χ2v) is 7.23. The van der Waals surface area contributed by atoms with E-state index in [0.717, 1.165) is 56.2 Å². The van der Waals surface area contributed by atoms with Crippen molar-refractivity contribution in [3.05, 3.63) is 0 Å². The van der Waals surface area contributed by atoms with Crippen LogP contribution in [0.1, 0.15) is 71.6 Å². The van der Waals surface area contributed by atoms with Crippen LogP contribution in [0, 0.1) is 9.85 Å². The fourth-order valence-electron chi connectivity index (χ4n) is 3.54. The zero-order valence-electron chi connectivity index (χ0n) is 14.9. The average molecular weight is 434 g/mol. The van der Waals surface area contributed by atoms with Crippen LogP contribution in [-0.2, 0) is 9.53 Å². The van der Waals surface area contributed by atoms with E-state index in [9.17, 15) is 4.79 Å². The molecule has 1 atom stereocenters. The molecule has 4 heteroatoms. The third-order valence-corrected chi connectivity index (χ3v) is 5.31. The topological polar surface area (TPSA) is 26.3 Å². The first-order valence-corrected chi connectivity index (χ1v) is 10.4. The van der Waals surface area contributed by atoms with Gasteiger partial charge in [-0.25, -0.2) is 4.79 Å². The van der Waals surface area contributed by atoms with E-state index < -0.39 is 0 Å². The number of rotatable bonds is 11. The first-order chi connectivity index (χ1) is 11.2. The maximum atomic E-state index is 12.7. The number of esters is 1. The summed E-state index contributed by atoms with van der Waals surface area (Å²) in [6.45, 7) is 7.91. The van der Waals surface area contributed by atoms with E-state index in [0.29, 0.717) is 6.61 Å². The molecular formula is C19H33INO2+. The van der Waals surface area contributed by atoms with Crippen LogP contribution in [0.4, 0.5) is 0 Å². The van der Waals surface area contributed by atoms with Gasteiger partial charge in [0.05, 0.1) is 19.7 Å². The van der Waals surface area contributed by atoms with Crippen molar-refractivity contribution < 1.29 is 14.0 Å². The lowest BCUT2D eigenvalue weighted by atomic mass is 10.1. The van der Waals surface area contributed by atoms with Gasteiger partial charge in [-0.3, -0.25) is 0 Å². The molecule has 0 bridgehead atoms. The summed E-state index contributed by atoms with van der Waals surface area (Å²) in [4.78, 5) is 12.7. The van der Waals surface area contributed by atoms with Crippen LogP contribution < -0.4 is 0 Å². The molecular weight excluding hydrogens is 401 g/mol. The van der Waals surface area contributed by atoms with Crippen LogP contribution in [0.15, 0.2) is 0 Å². The monoisotopic (exact) mass is 434 g/mol. The second kappa shape index (κ2) is 12.1. The molecule has 0 aromatic rings. The summed E-state index contributed by atoms with van der Waals surface area (Å²) in [5.41, 5.74) is 0. The molecule has 1 rings (SSSR count). The summed E-state index contributed by atoms with van der Waals surface area (Å²) >= 11 is 2.10. The molecule has 1 unspecified atom stereocenters. The molecule has 1 heterocycles. The average Bonchev–Trinajstić information content (AvgIpc) is 3.03. The van der Waals surface area contributed by atoms with Crippen molar-refractivity contribution in [3.8, 4) is 9.85 Å². The Bertz CT molecular complexity index is 394. The van der Waals surface area contributed by atoms with Crippen LogP contribution in [0.3, 0.4) is 0 Å². The minimum atomic E-state index is -0.0131. The highest BCUT2D eigenvalue weighted by Gasteiger charge is 2.44. The predicted molar refractivity (Wildman–Crippen MR) is 104 cm³/mol. The first-order valence-electron chi connectivity index (χ1n) is 9.31. The third kappa shape index (κ3) is 7.01. The minimum Gasteiger partial charge on any atom is -0.461 e. The number of likely N-dealkylation sites (tertiary alicyclic amines) is 1. The Morgan fingerprint density at radius 2 is 1.83 bits per heavy atom. The van der Waals surface area contributed by atoms with Gasteiger partial charge in [-0.05, 0) is 22.7 Å².